The van der Waals surface area contributed by atoms with Crippen LogP contribution in [0.25, 0.3) is 10.9 Å². The molecule has 1 aromatic carbocycles. The number of phenolic OH excluding ortho intramolecular Hbond substituents is 1. The maximum atomic E-state index is 11.5. The fourth-order valence-corrected chi connectivity index (χ4v) is 1.49. The van der Waals surface area contributed by atoms with Crippen LogP contribution in [0.1, 0.15) is 17.3 Å². The third-order valence-electron chi connectivity index (χ3n) is 2.16. The highest BCUT2D eigenvalue weighted by Crippen LogP contribution is 2.22. The molecule has 0 radical (unpaired) electrons. The third-order valence-corrected chi connectivity index (χ3v) is 2.16. The molecule has 2 N–H and O–H groups in total. The quantitative estimate of drug-likeness (QED) is 0.737. The molecular formula is C11H11NO3. The molecule has 1 aromatic heterocycles. The average Bonchev–Trinajstić information content (AvgIpc) is 2.60. The molecule has 0 bridgehead atoms. The predicted molar refractivity (Wildman–Crippen MR) is 55.9 cm³/mol. The molecule has 0 atom stereocenters. The van der Waals surface area contributed by atoms with Crippen molar-refractivity contribution in [3.8, 4) is 5.75 Å². The summed E-state index contributed by atoms with van der Waals surface area (Å²) in [5.74, 6) is -0.186. The van der Waals surface area contributed by atoms with Gasteiger partial charge in [0.05, 0.1) is 12.2 Å². The van der Waals surface area contributed by atoms with E-state index < -0.39 is 0 Å². The molecule has 0 amide bonds. The smallest absolute Gasteiger partial charge is 0.340 e. The number of hydrogen-bond acceptors (Lipinski definition) is 3. The van der Waals surface area contributed by atoms with E-state index in [1.807, 2.05) is 0 Å². The monoisotopic (exact) mass is 205 g/mol. The van der Waals surface area contributed by atoms with Crippen LogP contribution in [-0.2, 0) is 4.74 Å². The minimum Gasteiger partial charge on any atom is -0.508 e. The highest BCUT2D eigenvalue weighted by Gasteiger charge is 2.12. The van der Waals surface area contributed by atoms with Gasteiger partial charge in [0.2, 0.25) is 0 Å². The second kappa shape index (κ2) is 3.65. The van der Waals surface area contributed by atoms with Crippen LogP contribution in [0, 0.1) is 0 Å². The molecule has 4 heteroatoms. The van der Waals surface area contributed by atoms with Crippen molar-refractivity contribution in [2.24, 2.45) is 0 Å². The summed E-state index contributed by atoms with van der Waals surface area (Å²) in [7, 11) is 0. The van der Waals surface area contributed by atoms with Crippen LogP contribution in [0.4, 0.5) is 0 Å². The Morgan fingerprint density at radius 1 is 1.53 bits per heavy atom. The van der Waals surface area contributed by atoms with E-state index >= 15 is 0 Å². The number of aromatic nitrogens is 1. The van der Waals surface area contributed by atoms with Gasteiger partial charge in [0.15, 0.2) is 0 Å². The number of hydrogen-bond donors (Lipinski definition) is 2. The Morgan fingerprint density at radius 3 is 3.07 bits per heavy atom. The first-order chi connectivity index (χ1) is 7.22. The number of benzene rings is 1. The molecule has 2 rings (SSSR count). The van der Waals surface area contributed by atoms with Crippen molar-refractivity contribution >= 4 is 16.9 Å². The van der Waals surface area contributed by atoms with Crippen molar-refractivity contribution in [1.29, 1.82) is 0 Å². The Balaban J connectivity index is 2.49. The first-order valence-corrected chi connectivity index (χ1v) is 4.69. The lowest BCUT2D eigenvalue weighted by atomic mass is 10.2. The van der Waals surface area contributed by atoms with Gasteiger partial charge in [-0.25, -0.2) is 4.79 Å². The summed E-state index contributed by atoms with van der Waals surface area (Å²) in [4.78, 5) is 14.4. The molecule has 2 aromatic rings. The van der Waals surface area contributed by atoms with Crippen LogP contribution in [0.15, 0.2) is 24.4 Å². The number of aromatic amines is 1. The normalized spacial score (nSPS) is 10.5. The summed E-state index contributed by atoms with van der Waals surface area (Å²) < 4.78 is 4.90. The summed E-state index contributed by atoms with van der Waals surface area (Å²) in [5, 5.41) is 10.0. The first-order valence-electron chi connectivity index (χ1n) is 4.69. The van der Waals surface area contributed by atoms with Crippen LogP contribution in [0.3, 0.4) is 0 Å². The zero-order valence-electron chi connectivity index (χ0n) is 8.28. The molecule has 4 nitrogen and oxygen atoms in total. The zero-order valence-corrected chi connectivity index (χ0v) is 8.28. The third kappa shape index (κ3) is 1.66. The van der Waals surface area contributed by atoms with E-state index in [1.54, 1.807) is 31.3 Å². The van der Waals surface area contributed by atoms with Gasteiger partial charge in [-0.05, 0) is 19.1 Å². The Hall–Kier alpha value is -1.97. The van der Waals surface area contributed by atoms with Crippen molar-refractivity contribution in [3.05, 3.63) is 30.0 Å². The van der Waals surface area contributed by atoms with Crippen LogP contribution < -0.4 is 0 Å². The Morgan fingerprint density at radius 2 is 2.33 bits per heavy atom. The van der Waals surface area contributed by atoms with E-state index in [1.165, 1.54) is 0 Å². The maximum absolute atomic E-state index is 11.5. The summed E-state index contributed by atoms with van der Waals surface area (Å²) in [6.07, 6.45) is 1.59. The predicted octanol–water partition coefficient (Wildman–Crippen LogP) is 2.05. The largest absolute Gasteiger partial charge is 0.508 e. The van der Waals surface area contributed by atoms with E-state index in [2.05, 4.69) is 4.98 Å². The molecule has 0 fully saturated rings. The molecule has 0 aliphatic rings. The number of carbonyl (C=O) groups excluding carboxylic acids is 1. The lowest BCUT2D eigenvalue weighted by Crippen LogP contribution is -2.03. The van der Waals surface area contributed by atoms with Crippen molar-refractivity contribution in [2.45, 2.75) is 6.92 Å². The maximum Gasteiger partial charge on any atom is 0.340 e. The fourth-order valence-electron chi connectivity index (χ4n) is 1.49. The van der Waals surface area contributed by atoms with Crippen LogP contribution in [-0.4, -0.2) is 22.7 Å². The molecule has 15 heavy (non-hydrogen) atoms. The lowest BCUT2D eigenvalue weighted by Gasteiger charge is -1.99. The van der Waals surface area contributed by atoms with E-state index in [4.69, 9.17) is 4.74 Å². The number of ether oxygens (including phenoxy) is 1. The minimum absolute atomic E-state index is 0.166. The molecule has 1 heterocycles. The van der Waals surface area contributed by atoms with Gasteiger partial charge in [-0.15, -0.1) is 0 Å². The van der Waals surface area contributed by atoms with E-state index in [0.29, 0.717) is 12.2 Å². The number of H-pyrrole nitrogens is 1. The second-order valence-electron chi connectivity index (χ2n) is 3.15. The number of carbonyl (C=O) groups is 1. The molecule has 0 saturated heterocycles. The van der Waals surface area contributed by atoms with Gasteiger partial charge in [0, 0.05) is 23.2 Å². The van der Waals surface area contributed by atoms with Crippen molar-refractivity contribution in [3.63, 3.8) is 0 Å². The number of fused-ring (bicyclic) bond motifs is 1. The van der Waals surface area contributed by atoms with Gasteiger partial charge in [-0.1, -0.05) is 0 Å². The summed E-state index contributed by atoms with van der Waals surface area (Å²) >= 11 is 0. The van der Waals surface area contributed by atoms with E-state index in [0.717, 1.165) is 10.9 Å². The number of nitrogens with one attached hydrogen (secondary N) is 1. The molecular weight excluding hydrogens is 194 g/mol. The number of rotatable bonds is 2. The summed E-state index contributed by atoms with van der Waals surface area (Å²) in [6, 6.07) is 4.80. The Labute approximate surface area is 86.5 Å². The molecule has 78 valence electrons. The Kier molecular flexibility index (Phi) is 2.33. The number of esters is 1. The fraction of sp³-hybridized carbons (Fsp3) is 0.182. The first kappa shape index (κ1) is 9.58. The zero-order chi connectivity index (χ0) is 10.8. The molecule has 0 unspecified atom stereocenters. The molecule has 0 saturated carbocycles. The van der Waals surface area contributed by atoms with Gasteiger partial charge >= 0.3 is 5.97 Å². The van der Waals surface area contributed by atoms with Crippen LogP contribution >= 0.6 is 0 Å². The van der Waals surface area contributed by atoms with Gasteiger partial charge < -0.3 is 14.8 Å². The van der Waals surface area contributed by atoms with Crippen LogP contribution in [0.5, 0.6) is 5.75 Å². The average molecular weight is 205 g/mol. The van der Waals surface area contributed by atoms with Gasteiger partial charge in [-0.3, -0.25) is 0 Å². The second-order valence-corrected chi connectivity index (χ2v) is 3.15. The van der Waals surface area contributed by atoms with Crippen molar-refractivity contribution in [2.75, 3.05) is 6.61 Å². The molecule has 0 aliphatic carbocycles. The van der Waals surface area contributed by atoms with Crippen molar-refractivity contribution < 1.29 is 14.6 Å². The Bertz CT molecular complexity index is 502. The highest BCUT2D eigenvalue weighted by atomic mass is 16.5. The van der Waals surface area contributed by atoms with E-state index in [9.17, 15) is 9.90 Å². The highest BCUT2D eigenvalue weighted by molar-refractivity contribution is 6.04. The number of phenols is 1. The minimum atomic E-state index is -0.352. The van der Waals surface area contributed by atoms with Gasteiger partial charge in [-0.2, -0.15) is 0 Å². The summed E-state index contributed by atoms with van der Waals surface area (Å²) in [5.41, 5.74) is 1.21. The van der Waals surface area contributed by atoms with Gasteiger partial charge in [0.25, 0.3) is 0 Å². The number of aromatic hydroxyl groups is 1. The SMILES string of the molecule is CCOC(=O)c1c[nH]c2cc(O)ccc12. The molecule has 0 spiro atoms. The topological polar surface area (TPSA) is 62.3 Å². The van der Waals surface area contributed by atoms with Crippen molar-refractivity contribution in [1.82, 2.24) is 4.98 Å². The van der Waals surface area contributed by atoms with E-state index in [-0.39, 0.29) is 11.7 Å². The molecule has 0 aliphatic heterocycles. The standard InChI is InChI=1S/C11H11NO3/c1-2-15-11(14)9-6-12-10-5-7(13)3-4-8(9)10/h3-6,12-13H,2H2,1H3. The summed E-state index contributed by atoms with van der Waals surface area (Å²) in [6.45, 7) is 2.11. The van der Waals surface area contributed by atoms with Gasteiger partial charge in [0.1, 0.15) is 5.75 Å². The lowest BCUT2D eigenvalue weighted by molar-refractivity contribution is 0.0528. The van der Waals surface area contributed by atoms with Crippen LogP contribution in [0.2, 0.25) is 0 Å².